The van der Waals surface area contributed by atoms with Crippen LogP contribution in [0.15, 0.2) is 53.2 Å². The second-order valence-electron chi connectivity index (χ2n) is 6.14. The highest BCUT2D eigenvalue weighted by Gasteiger charge is 2.21. The number of benzene rings is 1. The summed E-state index contributed by atoms with van der Waals surface area (Å²) in [4.78, 5) is 21.2. The zero-order chi connectivity index (χ0) is 19.0. The number of imidazole rings is 1. The lowest BCUT2D eigenvalue weighted by Crippen LogP contribution is -2.27. The molecule has 0 aliphatic heterocycles. The molecule has 27 heavy (non-hydrogen) atoms. The van der Waals surface area contributed by atoms with E-state index in [0.717, 1.165) is 5.69 Å². The minimum Gasteiger partial charge on any atom is -0.339 e. The molecule has 1 atom stereocenters. The molecule has 136 valence electrons. The molecule has 1 amide bonds. The Bertz CT molecular complexity index is 1130. The Hall–Kier alpha value is -3.55. The zero-order valence-corrected chi connectivity index (χ0v) is 14.7. The molecule has 3 aromatic heterocycles. The molecule has 1 unspecified atom stereocenters. The monoisotopic (exact) mass is 365 g/mol. The van der Waals surface area contributed by atoms with Gasteiger partial charge in [0, 0.05) is 11.8 Å². The van der Waals surface area contributed by atoms with E-state index < -0.39 is 6.04 Å². The van der Waals surface area contributed by atoms with Crippen LogP contribution in [-0.2, 0) is 0 Å². The average molecular weight is 365 g/mol. The summed E-state index contributed by atoms with van der Waals surface area (Å²) in [5.74, 6) is -0.240. The van der Waals surface area contributed by atoms with Crippen molar-refractivity contribution < 1.29 is 13.7 Å². The number of aryl methyl sites for hydroxylation is 1. The van der Waals surface area contributed by atoms with Crippen LogP contribution in [0, 0.1) is 12.7 Å². The first-order valence-electron chi connectivity index (χ1n) is 8.37. The van der Waals surface area contributed by atoms with Crippen molar-refractivity contribution in [2.75, 3.05) is 0 Å². The second kappa shape index (κ2) is 6.64. The number of fused-ring (bicyclic) bond motifs is 1. The first kappa shape index (κ1) is 16.9. The molecule has 0 saturated carbocycles. The van der Waals surface area contributed by atoms with Gasteiger partial charge < -0.3 is 14.2 Å². The number of pyridine rings is 1. The summed E-state index contributed by atoms with van der Waals surface area (Å²) in [7, 11) is 0. The first-order valence-corrected chi connectivity index (χ1v) is 8.37. The minimum absolute atomic E-state index is 0.226. The maximum atomic E-state index is 13.4. The normalized spacial score (nSPS) is 12.3. The van der Waals surface area contributed by atoms with E-state index in [-0.39, 0.29) is 23.4 Å². The van der Waals surface area contributed by atoms with Crippen LogP contribution >= 0.6 is 0 Å². The molecule has 4 aromatic rings. The largest absolute Gasteiger partial charge is 0.339 e. The Morgan fingerprint density at radius 3 is 2.85 bits per heavy atom. The standard InChI is InChI=1S/C19H16FN5O2/c1-11(19-23-17(24-27-19)13-6-5-7-14(20)10-13)21-18(26)16-12(2)25-9-4-3-8-15(25)22-16/h3-11H,1-2H3,(H,21,26). The Balaban J connectivity index is 1.54. The third-order valence-electron chi connectivity index (χ3n) is 4.23. The van der Waals surface area contributed by atoms with E-state index in [9.17, 15) is 9.18 Å². The van der Waals surface area contributed by atoms with Crippen molar-refractivity contribution >= 4 is 11.6 Å². The van der Waals surface area contributed by atoms with Crippen LogP contribution in [0.1, 0.15) is 35.0 Å². The van der Waals surface area contributed by atoms with Gasteiger partial charge in [-0.1, -0.05) is 23.4 Å². The number of halogens is 1. The summed E-state index contributed by atoms with van der Waals surface area (Å²) in [5.41, 5.74) is 2.26. The Morgan fingerprint density at radius 2 is 2.07 bits per heavy atom. The third kappa shape index (κ3) is 3.17. The van der Waals surface area contributed by atoms with Crippen LogP contribution in [-0.4, -0.2) is 25.4 Å². The number of hydrogen-bond donors (Lipinski definition) is 1. The second-order valence-corrected chi connectivity index (χ2v) is 6.14. The number of carbonyl (C=O) groups is 1. The van der Waals surface area contributed by atoms with E-state index >= 15 is 0 Å². The van der Waals surface area contributed by atoms with Gasteiger partial charge in [0.2, 0.25) is 11.7 Å². The topological polar surface area (TPSA) is 85.3 Å². The van der Waals surface area contributed by atoms with Gasteiger partial charge in [-0.3, -0.25) is 4.79 Å². The maximum absolute atomic E-state index is 13.4. The fourth-order valence-corrected chi connectivity index (χ4v) is 2.82. The predicted octanol–water partition coefficient (Wildman–Crippen LogP) is 3.32. The predicted molar refractivity (Wildman–Crippen MR) is 95.5 cm³/mol. The van der Waals surface area contributed by atoms with E-state index in [1.54, 1.807) is 19.1 Å². The summed E-state index contributed by atoms with van der Waals surface area (Å²) in [6, 6.07) is 10.9. The molecule has 0 fully saturated rings. The summed E-state index contributed by atoms with van der Waals surface area (Å²) in [6.45, 7) is 3.56. The number of nitrogens with zero attached hydrogens (tertiary/aromatic N) is 4. The van der Waals surface area contributed by atoms with E-state index in [4.69, 9.17) is 4.52 Å². The zero-order valence-electron chi connectivity index (χ0n) is 14.7. The SMILES string of the molecule is Cc1c(C(=O)NC(C)c2nc(-c3cccc(F)c3)no2)nc2ccccn12. The van der Waals surface area contributed by atoms with Gasteiger partial charge in [0.1, 0.15) is 23.2 Å². The molecule has 7 nitrogen and oxygen atoms in total. The van der Waals surface area contributed by atoms with Gasteiger partial charge in [-0.25, -0.2) is 9.37 Å². The highest BCUT2D eigenvalue weighted by molar-refractivity contribution is 5.94. The number of carbonyl (C=O) groups excluding carboxylic acids is 1. The van der Waals surface area contributed by atoms with Crippen LogP contribution in [0.5, 0.6) is 0 Å². The lowest BCUT2D eigenvalue weighted by Gasteiger charge is -2.08. The van der Waals surface area contributed by atoms with Crippen molar-refractivity contribution in [3.05, 3.63) is 71.8 Å². The molecule has 0 aliphatic rings. The first-order chi connectivity index (χ1) is 13.0. The molecule has 0 bridgehead atoms. The van der Waals surface area contributed by atoms with Crippen LogP contribution in [0.2, 0.25) is 0 Å². The van der Waals surface area contributed by atoms with Crippen LogP contribution < -0.4 is 5.32 Å². The molecule has 3 heterocycles. The molecule has 1 aromatic carbocycles. The highest BCUT2D eigenvalue weighted by Crippen LogP contribution is 2.20. The number of rotatable bonds is 4. The van der Waals surface area contributed by atoms with Gasteiger partial charge in [0.05, 0.1) is 5.69 Å². The molecule has 8 heteroatoms. The summed E-state index contributed by atoms with van der Waals surface area (Å²) < 4.78 is 20.4. The molecule has 0 saturated heterocycles. The highest BCUT2D eigenvalue weighted by atomic mass is 19.1. The average Bonchev–Trinajstić information content (AvgIpc) is 3.28. The van der Waals surface area contributed by atoms with E-state index in [0.29, 0.717) is 16.9 Å². The van der Waals surface area contributed by atoms with Crippen molar-refractivity contribution in [1.82, 2.24) is 24.8 Å². The van der Waals surface area contributed by atoms with Crippen molar-refractivity contribution in [3.63, 3.8) is 0 Å². The Labute approximate surface area is 153 Å². The molecule has 0 radical (unpaired) electrons. The minimum atomic E-state index is -0.531. The number of amides is 1. The molecule has 0 spiro atoms. The van der Waals surface area contributed by atoms with E-state index in [1.807, 2.05) is 35.7 Å². The Kier molecular flexibility index (Phi) is 4.15. The smallest absolute Gasteiger partial charge is 0.272 e. The van der Waals surface area contributed by atoms with Gasteiger partial charge in [-0.15, -0.1) is 0 Å². The van der Waals surface area contributed by atoms with Gasteiger partial charge >= 0.3 is 0 Å². The van der Waals surface area contributed by atoms with Crippen molar-refractivity contribution in [2.24, 2.45) is 0 Å². The number of aromatic nitrogens is 4. The van der Waals surface area contributed by atoms with E-state index in [2.05, 4.69) is 20.4 Å². The van der Waals surface area contributed by atoms with Crippen molar-refractivity contribution in [2.45, 2.75) is 19.9 Å². The van der Waals surface area contributed by atoms with Gasteiger partial charge in [0.15, 0.2) is 0 Å². The van der Waals surface area contributed by atoms with Gasteiger partial charge in [0.25, 0.3) is 5.91 Å². The lowest BCUT2D eigenvalue weighted by atomic mass is 10.2. The lowest BCUT2D eigenvalue weighted by molar-refractivity contribution is 0.0927. The Morgan fingerprint density at radius 1 is 1.22 bits per heavy atom. The molecule has 0 aliphatic carbocycles. The van der Waals surface area contributed by atoms with Gasteiger partial charge in [-0.05, 0) is 38.1 Å². The van der Waals surface area contributed by atoms with Crippen LogP contribution in [0.25, 0.3) is 17.0 Å². The molecular formula is C19H16FN5O2. The van der Waals surface area contributed by atoms with E-state index in [1.165, 1.54) is 12.1 Å². The summed E-state index contributed by atoms with van der Waals surface area (Å²) >= 11 is 0. The molecule has 1 N–H and O–H groups in total. The maximum Gasteiger partial charge on any atom is 0.272 e. The molecule has 4 rings (SSSR count). The van der Waals surface area contributed by atoms with Crippen molar-refractivity contribution in [3.8, 4) is 11.4 Å². The summed E-state index contributed by atoms with van der Waals surface area (Å²) in [6.07, 6.45) is 1.85. The van der Waals surface area contributed by atoms with Crippen LogP contribution in [0.4, 0.5) is 4.39 Å². The quantitative estimate of drug-likeness (QED) is 0.600. The molecular weight excluding hydrogens is 349 g/mol. The van der Waals surface area contributed by atoms with Crippen LogP contribution in [0.3, 0.4) is 0 Å². The van der Waals surface area contributed by atoms with Crippen molar-refractivity contribution in [1.29, 1.82) is 0 Å². The van der Waals surface area contributed by atoms with Gasteiger partial charge in [-0.2, -0.15) is 4.98 Å². The third-order valence-corrected chi connectivity index (χ3v) is 4.23. The number of hydrogen-bond acceptors (Lipinski definition) is 5. The number of nitrogens with one attached hydrogen (secondary N) is 1. The fraction of sp³-hybridized carbons (Fsp3) is 0.158. The fourth-order valence-electron chi connectivity index (χ4n) is 2.82. The summed E-state index contributed by atoms with van der Waals surface area (Å²) in [5, 5.41) is 6.66.